The second-order valence-corrected chi connectivity index (χ2v) is 4.21. The minimum absolute atomic E-state index is 0.0259. The summed E-state index contributed by atoms with van der Waals surface area (Å²) in [6.45, 7) is -0.0259. The van der Waals surface area contributed by atoms with Gasteiger partial charge in [0.05, 0.1) is 0 Å². The van der Waals surface area contributed by atoms with E-state index in [4.69, 9.17) is 0 Å². The third-order valence-corrected chi connectivity index (χ3v) is 2.99. The van der Waals surface area contributed by atoms with E-state index in [1.807, 2.05) is 0 Å². The maximum atomic E-state index is 13.3. The fourth-order valence-electron chi connectivity index (χ4n) is 1.34. The lowest BCUT2D eigenvalue weighted by atomic mass is 10.2. The first-order valence-corrected chi connectivity index (χ1v) is 5.73. The summed E-state index contributed by atoms with van der Waals surface area (Å²) in [5.74, 6) is -9.79. The van der Waals surface area contributed by atoms with Crippen LogP contribution in [-0.2, 0) is 6.54 Å². The molecule has 1 aromatic heterocycles. The molecule has 1 heterocycles. The van der Waals surface area contributed by atoms with Gasteiger partial charge in [0.15, 0.2) is 23.3 Å². The van der Waals surface area contributed by atoms with E-state index in [2.05, 4.69) is 5.32 Å². The zero-order valence-electron chi connectivity index (χ0n) is 8.74. The number of rotatable bonds is 3. The van der Waals surface area contributed by atoms with Crippen LogP contribution < -0.4 is 5.32 Å². The Hall–Kier alpha value is -1.63. The van der Waals surface area contributed by atoms with E-state index in [1.165, 1.54) is 11.3 Å². The zero-order valence-corrected chi connectivity index (χ0v) is 9.55. The van der Waals surface area contributed by atoms with Crippen LogP contribution in [0, 0.1) is 29.1 Å². The van der Waals surface area contributed by atoms with E-state index in [1.54, 1.807) is 16.8 Å². The molecule has 0 aliphatic carbocycles. The van der Waals surface area contributed by atoms with Gasteiger partial charge in [0.2, 0.25) is 5.82 Å². The fourth-order valence-corrected chi connectivity index (χ4v) is 2.01. The Balaban J connectivity index is 2.33. The van der Waals surface area contributed by atoms with Crippen LogP contribution in [0.3, 0.4) is 0 Å². The van der Waals surface area contributed by atoms with Crippen LogP contribution in [0.25, 0.3) is 0 Å². The molecule has 0 amide bonds. The van der Waals surface area contributed by atoms with Crippen LogP contribution in [0.2, 0.25) is 0 Å². The van der Waals surface area contributed by atoms with Gasteiger partial charge in [-0.1, -0.05) is 0 Å². The second-order valence-electron chi connectivity index (χ2n) is 3.43. The summed E-state index contributed by atoms with van der Waals surface area (Å²) < 4.78 is 65.0. The van der Waals surface area contributed by atoms with Crippen LogP contribution >= 0.6 is 11.3 Å². The molecule has 18 heavy (non-hydrogen) atoms. The molecule has 96 valence electrons. The van der Waals surface area contributed by atoms with Crippen molar-refractivity contribution in [2.75, 3.05) is 5.32 Å². The van der Waals surface area contributed by atoms with Gasteiger partial charge >= 0.3 is 0 Å². The topological polar surface area (TPSA) is 12.0 Å². The van der Waals surface area contributed by atoms with Crippen LogP contribution in [0.1, 0.15) is 5.56 Å². The summed E-state index contributed by atoms with van der Waals surface area (Å²) >= 11 is 1.36. The van der Waals surface area contributed by atoms with Gasteiger partial charge in [-0.15, -0.1) is 0 Å². The normalized spacial score (nSPS) is 10.7. The monoisotopic (exact) mass is 279 g/mol. The highest BCUT2D eigenvalue weighted by Crippen LogP contribution is 2.27. The van der Waals surface area contributed by atoms with Crippen LogP contribution in [0.4, 0.5) is 27.6 Å². The summed E-state index contributed by atoms with van der Waals surface area (Å²) in [4.78, 5) is 0. The molecular formula is C11H6F5NS. The van der Waals surface area contributed by atoms with Crippen molar-refractivity contribution in [3.63, 3.8) is 0 Å². The lowest BCUT2D eigenvalue weighted by Gasteiger charge is -2.09. The van der Waals surface area contributed by atoms with Crippen LogP contribution in [0.5, 0.6) is 0 Å². The number of halogens is 5. The third-order valence-electron chi connectivity index (χ3n) is 2.26. The van der Waals surface area contributed by atoms with E-state index in [-0.39, 0.29) is 6.54 Å². The van der Waals surface area contributed by atoms with E-state index in [9.17, 15) is 22.0 Å². The van der Waals surface area contributed by atoms with Crippen molar-refractivity contribution < 1.29 is 22.0 Å². The Kier molecular flexibility index (Phi) is 3.51. The molecule has 0 aliphatic heterocycles. The SMILES string of the molecule is Fc1c(F)c(F)c(NCc2ccsc2)c(F)c1F. The lowest BCUT2D eigenvalue weighted by molar-refractivity contribution is 0.381. The van der Waals surface area contributed by atoms with Gasteiger partial charge < -0.3 is 5.32 Å². The van der Waals surface area contributed by atoms with Crippen molar-refractivity contribution in [2.24, 2.45) is 0 Å². The largest absolute Gasteiger partial charge is 0.376 e. The molecule has 0 radical (unpaired) electrons. The maximum absolute atomic E-state index is 13.3. The smallest absolute Gasteiger partial charge is 0.200 e. The highest BCUT2D eigenvalue weighted by atomic mass is 32.1. The molecule has 0 spiro atoms. The third kappa shape index (κ3) is 2.17. The average molecular weight is 279 g/mol. The summed E-state index contributed by atoms with van der Waals surface area (Å²) in [7, 11) is 0. The Morgan fingerprint density at radius 3 is 1.94 bits per heavy atom. The van der Waals surface area contributed by atoms with Gasteiger partial charge in [-0.2, -0.15) is 11.3 Å². The minimum atomic E-state index is -2.16. The molecule has 2 aromatic rings. The molecule has 0 saturated heterocycles. The van der Waals surface area contributed by atoms with E-state index in [0.717, 1.165) is 0 Å². The molecule has 0 fully saturated rings. The molecule has 7 heteroatoms. The van der Waals surface area contributed by atoms with Gasteiger partial charge in [-0.3, -0.25) is 0 Å². The predicted molar refractivity (Wildman–Crippen MR) is 57.9 cm³/mol. The van der Waals surface area contributed by atoms with E-state index >= 15 is 0 Å². The van der Waals surface area contributed by atoms with Crippen LogP contribution in [0.15, 0.2) is 16.8 Å². The maximum Gasteiger partial charge on any atom is 0.200 e. The molecule has 1 aromatic carbocycles. The Bertz CT molecular complexity index is 538. The van der Waals surface area contributed by atoms with E-state index in [0.29, 0.717) is 5.56 Å². The Morgan fingerprint density at radius 2 is 1.44 bits per heavy atom. The number of thiophene rings is 1. The lowest BCUT2D eigenvalue weighted by Crippen LogP contribution is -2.09. The molecule has 2 rings (SSSR count). The first kappa shape index (κ1) is 12.8. The van der Waals surface area contributed by atoms with Crippen molar-refractivity contribution in [2.45, 2.75) is 6.54 Å². The first-order chi connectivity index (χ1) is 8.52. The quantitative estimate of drug-likeness (QED) is 0.507. The van der Waals surface area contributed by atoms with Gasteiger partial charge in [-0.25, -0.2) is 22.0 Å². The minimum Gasteiger partial charge on any atom is -0.376 e. The molecule has 1 nitrogen and oxygen atoms in total. The van der Waals surface area contributed by atoms with Crippen molar-refractivity contribution in [1.29, 1.82) is 0 Å². The standard InChI is InChI=1S/C11H6F5NS/c12-6-7(13)9(15)11(10(16)8(6)14)17-3-5-1-2-18-4-5/h1-2,4,17H,3H2. The molecule has 0 atom stereocenters. The highest BCUT2D eigenvalue weighted by molar-refractivity contribution is 7.07. The highest BCUT2D eigenvalue weighted by Gasteiger charge is 2.25. The fraction of sp³-hybridized carbons (Fsp3) is 0.0909. The summed E-state index contributed by atoms with van der Waals surface area (Å²) in [6.07, 6.45) is 0. The number of benzene rings is 1. The van der Waals surface area contributed by atoms with Gasteiger partial charge in [0.25, 0.3) is 0 Å². The van der Waals surface area contributed by atoms with Gasteiger partial charge in [-0.05, 0) is 22.4 Å². The van der Waals surface area contributed by atoms with Gasteiger partial charge in [0.1, 0.15) is 5.69 Å². The number of anilines is 1. The Morgan fingerprint density at radius 1 is 0.889 bits per heavy atom. The van der Waals surface area contributed by atoms with Crippen molar-refractivity contribution in [1.82, 2.24) is 0 Å². The first-order valence-electron chi connectivity index (χ1n) is 4.78. The average Bonchev–Trinajstić information content (AvgIpc) is 2.87. The summed E-state index contributed by atoms with van der Waals surface area (Å²) in [6, 6.07) is 1.67. The molecule has 0 bridgehead atoms. The van der Waals surface area contributed by atoms with Crippen LogP contribution in [-0.4, -0.2) is 0 Å². The number of hydrogen-bond donors (Lipinski definition) is 1. The molecule has 1 N–H and O–H groups in total. The summed E-state index contributed by atoms with van der Waals surface area (Å²) in [5.41, 5.74) is -0.332. The summed E-state index contributed by atoms with van der Waals surface area (Å²) in [5, 5.41) is 5.63. The molecule has 0 unspecified atom stereocenters. The van der Waals surface area contributed by atoms with Crippen molar-refractivity contribution in [3.8, 4) is 0 Å². The predicted octanol–water partition coefficient (Wildman–Crippen LogP) is 4.06. The zero-order chi connectivity index (χ0) is 13.3. The number of hydrogen-bond acceptors (Lipinski definition) is 2. The van der Waals surface area contributed by atoms with Crippen molar-refractivity contribution in [3.05, 3.63) is 51.5 Å². The second kappa shape index (κ2) is 4.93. The molecule has 0 aliphatic rings. The van der Waals surface area contributed by atoms with Gasteiger partial charge in [0, 0.05) is 6.54 Å². The molecular weight excluding hydrogens is 273 g/mol. The molecule has 0 saturated carbocycles. The van der Waals surface area contributed by atoms with E-state index < -0.39 is 34.8 Å². The van der Waals surface area contributed by atoms with Crippen molar-refractivity contribution >= 4 is 17.0 Å². The number of nitrogens with one attached hydrogen (secondary N) is 1. The Labute approximate surface area is 103 Å².